The molecule has 1 aromatic heterocycles. The van der Waals surface area contributed by atoms with Gasteiger partial charge in [-0.25, -0.2) is 4.79 Å². The van der Waals surface area contributed by atoms with Gasteiger partial charge in [-0.1, -0.05) is 18.2 Å². The first-order valence-electron chi connectivity index (χ1n) is 5.13. The molecule has 16 heavy (non-hydrogen) atoms. The van der Waals surface area contributed by atoms with Crippen molar-refractivity contribution < 1.29 is 9.53 Å². The summed E-state index contributed by atoms with van der Waals surface area (Å²) in [5.74, 6) is 0. The zero-order valence-electron chi connectivity index (χ0n) is 9.28. The molecule has 84 valence electrons. The molecule has 4 heteroatoms. The normalized spacial score (nSPS) is 12.4. The minimum Gasteiger partial charge on any atom is -0.453 e. The van der Waals surface area contributed by atoms with Gasteiger partial charge in [0.1, 0.15) is 0 Å². The molecule has 0 aliphatic heterocycles. The molecule has 1 atom stereocenters. The number of fused-ring (bicyclic) bond motifs is 1. The smallest absolute Gasteiger partial charge is 0.407 e. The Balaban J connectivity index is 2.29. The van der Waals surface area contributed by atoms with E-state index in [1.165, 1.54) is 7.11 Å². The number of ether oxygens (including phenoxy) is 1. The third-order valence-corrected chi connectivity index (χ3v) is 2.61. The van der Waals surface area contributed by atoms with Crippen molar-refractivity contribution in [2.75, 3.05) is 7.11 Å². The quantitative estimate of drug-likeness (QED) is 0.814. The van der Waals surface area contributed by atoms with Crippen molar-refractivity contribution >= 4 is 17.0 Å². The van der Waals surface area contributed by atoms with E-state index in [1.54, 1.807) is 0 Å². The van der Waals surface area contributed by atoms with E-state index in [4.69, 9.17) is 0 Å². The van der Waals surface area contributed by atoms with Gasteiger partial charge in [0.2, 0.25) is 0 Å². The summed E-state index contributed by atoms with van der Waals surface area (Å²) in [6, 6.07) is 7.90. The van der Waals surface area contributed by atoms with E-state index in [2.05, 4.69) is 15.0 Å². The molecular weight excluding hydrogens is 204 g/mol. The summed E-state index contributed by atoms with van der Waals surface area (Å²) < 4.78 is 4.57. The lowest BCUT2D eigenvalue weighted by Crippen LogP contribution is -2.26. The molecule has 0 fully saturated rings. The van der Waals surface area contributed by atoms with Crippen LogP contribution in [-0.4, -0.2) is 18.2 Å². The first kappa shape index (κ1) is 10.5. The number of rotatable bonds is 2. The van der Waals surface area contributed by atoms with E-state index < -0.39 is 6.09 Å². The Morgan fingerprint density at radius 1 is 1.44 bits per heavy atom. The maximum atomic E-state index is 11.1. The number of methoxy groups -OCH3 is 1. The van der Waals surface area contributed by atoms with Crippen LogP contribution in [-0.2, 0) is 4.74 Å². The van der Waals surface area contributed by atoms with Gasteiger partial charge in [0, 0.05) is 17.1 Å². The summed E-state index contributed by atoms with van der Waals surface area (Å²) in [6.45, 7) is 1.92. The van der Waals surface area contributed by atoms with E-state index in [0.29, 0.717) is 0 Å². The highest BCUT2D eigenvalue weighted by atomic mass is 16.5. The van der Waals surface area contributed by atoms with Crippen molar-refractivity contribution in [3.05, 3.63) is 36.0 Å². The van der Waals surface area contributed by atoms with Gasteiger partial charge in [-0.2, -0.15) is 0 Å². The van der Waals surface area contributed by atoms with Crippen molar-refractivity contribution in [2.45, 2.75) is 13.0 Å². The lowest BCUT2D eigenvalue weighted by Gasteiger charge is -2.11. The Morgan fingerprint density at radius 2 is 2.19 bits per heavy atom. The van der Waals surface area contributed by atoms with Crippen LogP contribution in [0.25, 0.3) is 10.9 Å². The number of nitrogens with one attached hydrogen (secondary N) is 2. The van der Waals surface area contributed by atoms with E-state index in [9.17, 15) is 4.79 Å². The van der Waals surface area contributed by atoms with Crippen LogP contribution in [0.15, 0.2) is 30.5 Å². The molecule has 0 spiro atoms. The molecule has 1 heterocycles. The molecular formula is C12H14N2O2. The molecule has 0 aliphatic carbocycles. The Bertz CT molecular complexity index is 504. The maximum Gasteiger partial charge on any atom is 0.407 e. The van der Waals surface area contributed by atoms with Crippen molar-refractivity contribution in [1.29, 1.82) is 0 Å². The Labute approximate surface area is 93.6 Å². The van der Waals surface area contributed by atoms with Gasteiger partial charge in [-0.05, 0) is 18.6 Å². The second-order valence-electron chi connectivity index (χ2n) is 3.65. The van der Waals surface area contributed by atoms with Crippen molar-refractivity contribution in [2.24, 2.45) is 0 Å². The fourth-order valence-electron chi connectivity index (χ4n) is 1.77. The summed E-state index contributed by atoms with van der Waals surface area (Å²) in [4.78, 5) is 14.3. The number of alkyl carbamates (subject to hydrolysis) is 1. The summed E-state index contributed by atoms with van der Waals surface area (Å²) in [5, 5.41) is 3.86. The van der Waals surface area contributed by atoms with Crippen LogP contribution in [0.5, 0.6) is 0 Å². The van der Waals surface area contributed by atoms with Crippen LogP contribution < -0.4 is 5.32 Å². The molecule has 2 N–H and O–H groups in total. The van der Waals surface area contributed by atoms with E-state index in [-0.39, 0.29) is 6.04 Å². The van der Waals surface area contributed by atoms with Crippen molar-refractivity contribution in [3.8, 4) is 0 Å². The average molecular weight is 218 g/mol. The van der Waals surface area contributed by atoms with Crippen LogP contribution in [0.3, 0.4) is 0 Å². The standard InChI is InChI=1S/C12H14N2O2/c1-8(14-12(15)16-2)10-7-13-11-6-4-3-5-9(10)11/h3-8,13H,1-2H3,(H,14,15). The molecule has 0 radical (unpaired) electrons. The summed E-state index contributed by atoms with van der Waals surface area (Å²) in [7, 11) is 1.36. The van der Waals surface area contributed by atoms with Gasteiger partial charge in [-0.15, -0.1) is 0 Å². The van der Waals surface area contributed by atoms with Crippen LogP contribution in [0.2, 0.25) is 0 Å². The zero-order valence-corrected chi connectivity index (χ0v) is 9.28. The third kappa shape index (κ3) is 1.86. The number of aromatic amines is 1. The fraction of sp³-hybridized carbons (Fsp3) is 0.250. The fourth-order valence-corrected chi connectivity index (χ4v) is 1.77. The van der Waals surface area contributed by atoms with Gasteiger partial charge < -0.3 is 15.0 Å². The van der Waals surface area contributed by atoms with Gasteiger partial charge in [-0.3, -0.25) is 0 Å². The lowest BCUT2D eigenvalue weighted by atomic mass is 10.1. The monoisotopic (exact) mass is 218 g/mol. The number of H-pyrrole nitrogens is 1. The Hall–Kier alpha value is -1.97. The minimum absolute atomic E-state index is 0.0800. The predicted octanol–water partition coefficient (Wildman–Crippen LogP) is 2.58. The molecule has 2 rings (SSSR count). The average Bonchev–Trinajstić information content (AvgIpc) is 2.72. The molecule has 1 unspecified atom stereocenters. The molecule has 1 aromatic carbocycles. The molecule has 1 amide bonds. The highest BCUT2D eigenvalue weighted by Crippen LogP contribution is 2.23. The second-order valence-corrected chi connectivity index (χ2v) is 3.65. The van der Waals surface area contributed by atoms with Gasteiger partial charge in [0.25, 0.3) is 0 Å². The topological polar surface area (TPSA) is 54.1 Å². The number of aromatic nitrogens is 1. The zero-order chi connectivity index (χ0) is 11.5. The summed E-state index contributed by atoms with van der Waals surface area (Å²) in [5.41, 5.74) is 2.12. The molecule has 0 bridgehead atoms. The van der Waals surface area contributed by atoms with E-state index >= 15 is 0 Å². The number of hydrogen-bond donors (Lipinski definition) is 2. The molecule has 0 aliphatic rings. The number of carbonyl (C=O) groups is 1. The largest absolute Gasteiger partial charge is 0.453 e. The minimum atomic E-state index is -0.419. The third-order valence-electron chi connectivity index (χ3n) is 2.61. The first-order valence-corrected chi connectivity index (χ1v) is 5.13. The highest BCUT2D eigenvalue weighted by molar-refractivity contribution is 5.84. The molecule has 0 saturated heterocycles. The molecule has 2 aromatic rings. The Kier molecular flexibility index (Phi) is 2.81. The van der Waals surface area contributed by atoms with Crippen LogP contribution in [0.1, 0.15) is 18.5 Å². The second kappa shape index (κ2) is 4.26. The van der Waals surface area contributed by atoms with Gasteiger partial charge >= 0.3 is 6.09 Å². The molecule has 4 nitrogen and oxygen atoms in total. The summed E-state index contributed by atoms with van der Waals surface area (Å²) >= 11 is 0. The van der Waals surface area contributed by atoms with Crippen LogP contribution in [0.4, 0.5) is 4.79 Å². The van der Waals surface area contributed by atoms with Crippen molar-refractivity contribution in [3.63, 3.8) is 0 Å². The number of carbonyl (C=O) groups excluding carboxylic acids is 1. The van der Waals surface area contributed by atoms with Crippen molar-refractivity contribution in [1.82, 2.24) is 10.3 Å². The number of benzene rings is 1. The van der Waals surface area contributed by atoms with Crippen LogP contribution in [0, 0.1) is 0 Å². The Morgan fingerprint density at radius 3 is 2.94 bits per heavy atom. The number of para-hydroxylation sites is 1. The number of hydrogen-bond acceptors (Lipinski definition) is 2. The molecule has 0 saturated carbocycles. The van der Waals surface area contributed by atoms with E-state index in [0.717, 1.165) is 16.5 Å². The van der Waals surface area contributed by atoms with E-state index in [1.807, 2.05) is 37.4 Å². The lowest BCUT2D eigenvalue weighted by molar-refractivity contribution is 0.167. The maximum absolute atomic E-state index is 11.1. The predicted molar refractivity (Wildman–Crippen MR) is 62.3 cm³/mol. The van der Waals surface area contributed by atoms with Crippen LogP contribution >= 0.6 is 0 Å². The number of amides is 1. The highest BCUT2D eigenvalue weighted by Gasteiger charge is 2.13. The van der Waals surface area contributed by atoms with Gasteiger partial charge in [0.05, 0.1) is 13.2 Å². The van der Waals surface area contributed by atoms with Gasteiger partial charge in [0.15, 0.2) is 0 Å². The SMILES string of the molecule is COC(=O)NC(C)c1c[nH]c2ccccc12. The first-order chi connectivity index (χ1) is 7.72. The summed E-state index contributed by atoms with van der Waals surface area (Å²) in [6.07, 6.45) is 1.49.